The smallest absolute Gasteiger partial charge is 0.237 e. The maximum Gasteiger partial charge on any atom is 0.237 e. The summed E-state index contributed by atoms with van der Waals surface area (Å²) in [5.74, 6) is 1.00. The van der Waals surface area contributed by atoms with E-state index in [0.29, 0.717) is 6.04 Å². The molecule has 1 atom stereocenters. The number of hydrogen-bond donors (Lipinski definition) is 2. The Morgan fingerprint density at radius 2 is 1.85 bits per heavy atom. The third kappa shape index (κ3) is 3.04. The summed E-state index contributed by atoms with van der Waals surface area (Å²) in [6, 6.07) is 8.71. The van der Waals surface area contributed by atoms with Crippen LogP contribution in [0.25, 0.3) is 0 Å². The molecule has 1 aromatic rings. The van der Waals surface area contributed by atoms with Crippen LogP contribution in [-0.2, 0) is 17.8 Å². The third-order valence-electron chi connectivity index (χ3n) is 4.76. The van der Waals surface area contributed by atoms with E-state index in [2.05, 4.69) is 41.8 Å². The Morgan fingerprint density at radius 3 is 2.60 bits per heavy atom. The lowest BCUT2D eigenvalue weighted by Crippen LogP contribution is -2.51. The van der Waals surface area contributed by atoms with E-state index in [1.807, 2.05) is 0 Å². The van der Waals surface area contributed by atoms with Crippen molar-refractivity contribution in [2.24, 2.45) is 5.92 Å². The summed E-state index contributed by atoms with van der Waals surface area (Å²) in [6.07, 6.45) is 5.56. The minimum absolute atomic E-state index is 0.0655. The number of rotatable bonds is 2. The molecule has 0 saturated heterocycles. The second-order valence-electron chi connectivity index (χ2n) is 6.37. The number of benzene rings is 1. The van der Waals surface area contributed by atoms with Gasteiger partial charge in [0.1, 0.15) is 0 Å². The van der Waals surface area contributed by atoms with Crippen LogP contribution in [0.5, 0.6) is 0 Å². The van der Waals surface area contributed by atoms with E-state index in [-0.39, 0.29) is 11.9 Å². The molecule has 0 aromatic heterocycles. The summed E-state index contributed by atoms with van der Waals surface area (Å²) in [5, 5.41) is 6.60. The van der Waals surface area contributed by atoms with E-state index in [9.17, 15) is 4.79 Å². The molecule has 1 heterocycles. The number of fused-ring (bicyclic) bond motifs is 1. The molecule has 2 aliphatic rings. The van der Waals surface area contributed by atoms with E-state index in [4.69, 9.17) is 0 Å². The molecule has 3 heteroatoms. The van der Waals surface area contributed by atoms with Crippen LogP contribution in [0.15, 0.2) is 24.3 Å². The van der Waals surface area contributed by atoms with E-state index in [1.54, 1.807) is 0 Å². The van der Waals surface area contributed by atoms with Gasteiger partial charge in [0, 0.05) is 12.6 Å². The highest BCUT2D eigenvalue weighted by Gasteiger charge is 2.26. The molecule has 1 saturated carbocycles. The topological polar surface area (TPSA) is 41.1 Å². The fourth-order valence-electron chi connectivity index (χ4n) is 3.35. The Balaban J connectivity index is 1.56. The van der Waals surface area contributed by atoms with Crippen molar-refractivity contribution in [1.82, 2.24) is 10.6 Å². The highest BCUT2D eigenvalue weighted by atomic mass is 16.2. The van der Waals surface area contributed by atoms with Crippen LogP contribution >= 0.6 is 0 Å². The fourth-order valence-corrected chi connectivity index (χ4v) is 3.35. The zero-order chi connectivity index (χ0) is 13.9. The van der Waals surface area contributed by atoms with Crippen LogP contribution in [0.1, 0.15) is 43.7 Å². The maximum absolute atomic E-state index is 12.4. The highest BCUT2D eigenvalue weighted by Crippen LogP contribution is 2.24. The number of hydrogen-bond acceptors (Lipinski definition) is 2. The van der Waals surface area contributed by atoms with Gasteiger partial charge in [-0.2, -0.15) is 0 Å². The second-order valence-corrected chi connectivity index (χ2v) is 6.37. The quantitative estimate of drug-likeness (QED) is 0.868. The average molecular weight is 272 g/mol. The van der Waals surface area contributed by atoms with Crippen molar-refractivity contribution in [3.05, 3.63) is 35.4 Å². The lowest BCUT2D eigenvalue weighted by Gasteiger charge is -2.30. The number of carbonyl (C=O) groups excluding carboxylic acids is 1. The van der Waals surface area contributed by atoms with E-state index in [1.165, 1.54) is 24.0 Å². The van der Waals surface area contributed by atoms with Gasteiger partial charge in [-0.3, -0.25) is 4.79 Å². The molecule has 1 unspecified atom stereocenters. The molecule has 2 N–H and O–H groups in total. The lowest BCUT2D eigenvalue weighted by atomic mass is 9.87. The van der Waals surface area contributed by atoms with Crippen LogP contribution in [0.4, 0.5) is 0 Å². The van der Waals surface area contributed by atoms with Crippen molar-refractivity contribution in [2.75, 3.05) is 0 Å². The monoisotopic (exact) mass is 272 g/mol. The van der Waals surface area contributed by atoms with Gasteiger partial charge >= 0.3 is 0 Å². The molecule has 20 heavy (non-hydrogen) atoms. The number of carbonyl (C=O) groups is 1. The minimum Gasteiger partial charge on any atom is -0.352 e. The van der Waals surface area contributed by atoms with Gasteiger partial charge in [0.2, 0.25) is 5.91 Å². The summed E-state index contributed by atoms with van der Waals surface area (Å²) < 4.78 is 0. The van der Waals surface area contributed by atoms with E-state index >= 15 is 0 Å². The molecule has 1 aliphatic heterocycles. The minimum atomic E-state index is -0.0655. The molecule has 0 bridgehead atoms. The molecule has 108 valence electrons. The average Bonchev–Trinajstić information content (AvgIpc) is 2.49. The molecule has 1 aromatic carbocycles. The van der Waals surface area contributed by atoms with E-state index in [0.717, 1.165) is 31.7 Å². The molecular formula is C17H24N2O. The van der Waals surface area contributed by atoms with Gasteiger partial charge in [-0.15, -0.1) is 0 Å². The number of nitrogens with one attached hydrogen (secondary N) is 2. The van der Waals surface area contributed by atoms with Crippen molar-refractivity contribution in [2.45, 2.75) is 57.7 Å². The van der Waals surface area contributed by atoms with Gasteiger partial charge < -0.3 is 10.6 Å². The maximum atomic E-state index is 12.4. The fraction of sp³-hybridized carbons (Fsp3) is 0.588. The van der Waals surface area contributed by atoms with Crippen LogP contribution in [-0.4, -0.2) is 18.0 Å². The van der Waals surface area contributed by atoms with Crippen LogP contribution in [0.3, 0.4) is 0 Å². The Morgan fingerprint density at radius 1 is 1.15 bits per heavy atom. The summed E-state index contributed by atoms with van der Waals surface area (Å²) >= 11 is 0. The van der Waals surface area contributed by atoms with Gasteiger partial charge in [0.25, 0.3) is 0 Å². The summed E-state index contributed by atoms with van der Waals surface area (Å²) in [7, 11) is 0. The molecular weight excluding hydrogens is 248 g/mol. The molecule has 0 spiro atoms. The Bertz CT molecular complexity index is 478. The summed E-state index contributed by atoms with van der Waals surface area (Å²) in [5.41, 5.74) is 2.63. The van der Waals surface area contributed by atoms with Gasteiger partial charge in [-0.05, 0) is 49.1 Å². The Kier molecular flexibility index (Phi) is 4.06. The molecule has 0 radical (unpaired) electrons. The standard InChI is InChI=1S/C17H24N2O/c1-12-6-8-15(9-7-12)19-17(20)16-10-13-4-2-3-5-14(13)11-18-16/h2-5,12,15-16,18H,6-11H2,1H3,(H,19,20). The van der Waals surface area contributed by atoms with Crippen molar-refractivity contribution in [1.29, 1.82) is 0 Å². The first-order valence-corrected chi connectivity index (χ1v) is 7.83. The Labute approximate surface area is 121 Å². The first-order valence-electron chi connectivity index (χ1n) is 7.83. The summed E-state index contributed by atoms with van der Waals surface area (Å²) in [6.45, 7) is 3.10. The first kappa shape index (κ1) is 13.6. The molecule has 1 fully saturated rings. The SMILES string of the molecule is CC1CCC(NC(=O)C2Cc3ccccc3CN2)CC1. The van der Waals surface area contributed by atoms with Crippen molar-refractivity contribution >= 4 is 5.91 Å². The molecule has 3 rings (SSSR count). The largest absolute Gasteiger partial charge is 0.352 e. The van der Waals surface area contributed by atoms with Crippen molar-refractivity contribution in [3.63, 3.8) is 0 Å². The number of amides is 1. The van der Waals surface area contributed by atoms with Crippen LogP contribution in [0, 0.1) is 5.92 Å². The second kappa shape index (κ2) is 5.96. The lowest BCUT2D eigenvalue weighted by molar-refractivity contribution is -0.124. The first-order chi connectivity index (χ1) is 9.72. The van der Waals surface area contributed by atoms with Crippen molar-refractivity contribution < 1.29 is 4.79 Å². The molecule has 3 nitrogen and oxygen atoms in total. The van der Waals surface area contributed by atoms with Gasteiger partial charge in [-0.1, -0.05) is 31.2 Å². The predicted octanol–water partition coefficient (Wildman–Crippen LogP) is 2.40. The predicted molar refractivity (Wildman–Crippen MR) is 80.3 cm³/mol. The molecule has 1 amide bonds. The molecule has 1 aliphatic carbocycles. The van der Waals surface area contributed by atoms with Crippen molar-refractivity contribution in [3.8, 4) is 0 Å². The van der Waals surface area contributed by atoms with Gasteiger partial charge in [-0.25, -0.2) is 0 Å². The van der Waals surface area contributed by atoms with Gasteiger partial charge in [0.15, 0.2) is 0 Å². The Hall–Kier alpha value is -1.35. The van der Waals surface area contributed by atoms with Crippen LogP contribution < -0.4 is 10.6 Å². The normalized spacial score (nSPS) is 29.6. The van der Waals surface area contributed by atoms with Gasteiger partial charge in [0.05, 0.1) is 6.04 Å². The zero-order valence-electron chi connectivity index (χ0n) is 12.2. The zero-order valence-corrected chi connectivity index (χ0v) is 12.2. The summed E-state index contributed by atoms with van der Waals surface area (Å²) in [4.78, 5) is 12.4. The third-order valence-corrected chi connectivity index (χ3v) is 4.76. The highest BCUT2D eigenvalue weighted by molar-refractivity contribution is 5.82. The van der Waals surface area contributed by atoms with E-state index < -0.39 is 0 Å². The van der Waals surface area contributed by atoms with Crippen LogP contribution in [0.2, 0.25) is 0 Å².